The number of rotatable bonds is 4. The van der Waals surface area contributed by atoms with Gasteiger partial charge in [-0.1, -0.05) is 38.1 Å². The minimum Gasteiger partial charge on any atom is -0.345 e. The highest BCUT2D eigenvalue weighted by Crippen LogP contribution is 2.19. The summed E-state index contributed by atoms with van der Waals surface area (Å²) >= 11 is 3.26. The van der Waals surface area contributed by atoms with Gasteiger partial charge in [0.25, 0.3) is 5.91 Å². The van der Waals surface area contributed by atoms with Gasteiger partial charge in [-0.2, -0.15) is 0 Å². The van der Waals surface area contributed by atoms with Crippen molar-refractivity contribution in [3.8, 4) is 0 Å². The van der Waals surface area contributed by atoms with Gasteiger partial charge in [-0.05, 0) is 52.0 Å². The van der Waals surface area contributed by atoms with E-state index in [9.17, 15) is 4.79 Å². The fourth-order valence-electron chi connectivity index (χ4n) is 2.04. The molecule has 21 heavy (non-hydrogen) atoms. The van der Waals surface area contributed by atoms with Crippen LogP contribution in [0.2, 0.25) is 0 Å². The van der Waals surface area contributed by atoms with E-state index >= 15 is 0 Å². The molecule has 0 aliphatic carbocycles. The van der Waals surface area contributed by atoms with Crippen LogP contribution in [0.1, 0.15) is 54.2 Å². The predicted octanol–water partition coefficient (Wildman–Crippen LogP) is 4.46. The van der Waals surface area contributed by atoms with E-state index in [0.29, 0.717) is 11.5 Å². The minimum absolute atomic E-state index is 0.0395. The molecule has 3 nitrogen and oxygen atoms in total. The summed E-state index contributed by atoms with van der Waals surface area (Å²) in [4.78, 5) is 16.2. The second-order valence-electron chi connectivity index (χ2n) is 5.39. The average Bonchev–Trinajstić information content (AvgIpc) is 2.47. The van der Waals surface area contributed by atoms with Crippen LogP contribution in [0.3, 0.4) is 0 Å². The Morgan fingerprint density at radius 1 is 1.05 bits per heavy atom. The van der Waals surface area contributed by atoms with Crippen LogP contribution >= 0.6 is 15.9 Å². The molecule has 0 radical (unpaired) electrons. The molecule has 0 bridgehead atoms. The number of nitrogens with zero attached hydrogens (tertiary/aromatic N) is 1. The summed E-state index contributed by atoms with van der Waals surface area (Å²) in [7, 11) is 0. The zero-order valence-corrected chi connectivity index (χ0v) is 14.0. The SMILES string of the molecule is CC(C)c1ccc(C(C)NC(=O)c2ccc(Br)nc2)cc1. The van der Waals surface area contributed by atoms with Gasteiger partial charge >= 0.3 is 0 Å². The zero-order valence-electron chi connectivity index (χ0n) is 12.4. The summed E-state index contributed by atoms with van der Waals surface area (Å²) in [6.45, 7) is 6.32. The maximum Gasteiger partial charge on any atom is 0.253 e. The average molecular weight is 347 g/mol. The Morgan fingerprint density at radius 2 is 1.67 bits per heavy atom. The summed E-state index contributed by atoms with van der Waals surface area (Å²) in [5.74, 6) is 0.397. The molecule has 1 amide bonds. The van der Waals surface area contributed by atoms with Crippen molar-refractivity contribution in [3.05, 3.63) is 63.9 Å². The Morgan fingerprint density at radius 3 is 2.19 bits per heavy atom. The van der Waals surface area contributed by atoms with Gasteiger partial charge in [0.2, 0.25) is 0 Å². The summed E-state index contributed by atoms with van der Waals surface area (Å²) in [5.41, 5.74) is 2.95. The van der Waals surface area contributed by atoms with Crippen molar-refractivity contribution in [3.63, 3.8) is 0 Å². The van der Waals surface area contributed by atoms with Gasteiger partial charge in [0.1, 0.15) is 4.60 Å². The lowest BCUT2D eigenvalue weighted by molar-refractivity contribution is 0.0939. The predicted molar refractivity (Wildman–Crippen MR) is 88.3 cm³/mol. The van der Waals surface area contributed by atoms with Gasteiger partial charge in [0.15, 0.2) is 0 Å². The monoisotopic (exact) mass is 346 g/mol. The number of hydrogen-bond donors (Lipinski definition) is 1. The summed E-state index contributed by atoms with van der Waals surface area (Å²) in [6.07, 6.45) is 1.56. The summed E-state index contributed by atoms with van der Waals surface area (Å²) in [5, 5.41) is 2.99. The molecule has 1 aromatic heterocycles. The van der Waals surface area contributed by atoms with E-state index in [1.165, 1.54) is 5.56 Å². The first kappa shape index (κ1) is 15.7. The number of carbonyl (C=O) groups excluding carboxylic acids is 1. The number of aromatic nitrogens is 1. The van der Waals surface area contributed by atoms with Gasteiger partial charge in [0, 0.05) is 6.20 Å². The van der Waals surface area contributed by atoms with Crippen LogP contribution in [0.4, 0.5) is 0 Å². The van der Waals surface area contributed by atoms with Crippen molar-refractivity contribution in [1.82, 2.24) is 10.3 Å². The number of nitrogens with one attached hydrogen (secondary N) is 1. The van der Waals surface area contributed by atoms with Crippen molar-refractivity contribution in [2.75, 3.05) is 0 Å². The van der Waals surface area contributed by atoms with E-state index in [0.717, 1.165) is 10.2 Å². The number of amides is 1. The normalized spacial score (nSPS) is 12.2. The Labute approximate surface area is 133 Å². The molecule has 1 heterocycles. The van der Waals surface area contributed by atoms with Crippen molar-refractivity contribution >= 4 is 21.8 Å². The first-order valence-electron chi connectivity index (χ1n) is 6.99. The fourth-order valence-corrected chi connectivity index (χ4v) is 2.28. The van der Waals surface area contributed by atoms with Gasteiger partial charge in [-0.15, -0.1) is 0 Å². The van der Waals surface area contributed by atoms with Crippen LogP contribution in [0, 0.1) is 0 Å². The highest BCUT2D eigenvalue weighted by Gasteiger charge is 2.12. The second-order valence-corrected chi connectivity index (χ2v) is 6.20. The minimum atomic E-state index is -0.115. The number of benzene rings is 1. The topological polar surface area (TPSA) is 42.0 Å². The van der Waals surface area contributed by atoms with Gasteiger partial charge in [0.05, 0.1) is 11.6 Å². The Kier molecular flexibility index (Phi) is 5.12. The lowest BCUT2D eigenvalue weighted by Crippen LogP contribution is -2.26. The smallest absolute Gasteiger partial charge is 0.253 e. The maximum atomic E-state index is 12.1. The quantitative estimate of drug-likeness (QED) is 0.830. The fraction of sp³-hybridized carbons (Fsp3) is 0.294. The molecule has 0 aliphatic rings. The second kappa shape index (κ2) is 6.85. The van der Waals surface area contributed by atoms with E-state index in [4.69, 9.17) is 0 Å². The van der Waals surface area contributed by atoms with Gasteiger partial charge in [-0.25, -0.2) is 4.98 Å². The van der Waals surface area contributed by atoms with Crippen molar-refractivity contribution in [1.29, 1.82) is 0 Å². The van der Waals surface area contributed by atoms with Gasteiger partial charge in [-0.3, -0.25) is 4.79 Å². The molecular formula is C17H19BrN2O. The highest BCUT2D eigenvalue weighted by atomic mass is 79.9. The first-order chi connectivity index (χ1) is 9.97. The third-order valence-corrected chi connectivity index (χ3v) is 3.91. The molecule has 0 spiro atoms. The largest absolute Gasteiger partial charge is 0.345 e. The molecule has 1 N–H and O–H groups in total. The van der Waals surface area contributed by atoms with Crippen molar-refractivity contribution in [2.24, 2.45) is 0 Å². The van der Waals surface area contributed by atoms with E-state index in [1.807, 2.05) is 6.92 Å². The van der Waals surface area contributed by atoms with E-state index in [2.05, 4.69) is 64.3 Å². The van der Waals surface area contributed by atoms with Crippen LogP contribution in [-0.2, 0) is 0 Å². The van der Waals surface area contributed by atoms with Crippen molar-refractivity contribution in [2.45, 2.75) is 32.7 Å². The van der Waals surface area contributed by atoms with Crippen LogP contribution < -0.4 is 5.32 Å². The van der Waals surface area contributed by atoms with Crippen LogP contribution in [0.15, 0.2) is 47.2 Å². The lowest BCUT2D eigenvalue weighted by atomic mass is 9.99. The zero-order chi connectivity index (χ0) is 15.4. The molecular weight excluding hydrogens is 328 g/mol. The number of hydrogen-bond acceptors (Lipinski definition) is 2. The van der Waals surface area contributed by atoms with Crippen LogP contribution in [-0.4, -0.2) is 10.9 Å². The molecule has 0 saturated heterocycles. The third kappa shape index (κ3) is 4.14. The lowest BCUT2D eigenvalue weighted by Gasteiger charge is -2.15. The molecule has 2 rings (SSSR count). The third-order valence-electron chi connectivity index (χ3n) is 3.44. The van der Waals surface area contributed by atoms with E-state index < -0.39 is 0 Å². The summed E-state index contributed by atoms with van der Waals surface area (Å²) < 4.78 is 0.719. The molecule has 0 saturated carbocycles. The van der Waals surface area contributed by atoms with E-state index in [-0.39, 0.29) is 11.9 Å². The molecule has 1 atom stereocenters. The number of pyridine rings is 1. The highest BCUT2D eigenvalue weighted by molar-refractivity contribution is 9.10. The molecule has 4 heteroatoms. The molecule has 2 aromatic rings. The van der Waals surface area contributed by atoms with Crippen LogP contribution in [0.5, 0.6) is 0 Å². The molecule has 0 fully saturated rings. The van der Waals surface area contributed by atoms with Crippen LogP contribution in [0.25, 0.3) is 0 Å². The number of carbonyl (C=O) groups is 1. The number of halogens is 1. The maximum absolute atomic E-state index is 12.1. The Balaban J connectivity index is 2.05. The van der Waals surface area contributed by atoms with Gasteiger partial charge < -0.3 is 5.32 Å². The molecule has 110 valence electrons. The molecule has 0 aliphatic heterocycles. The van der Waals surface area contributed by atoms with E-state index in [1.54, 1.807) is 18.3 Å². The van der Waals surface area contributed by atoms with Crippen molar-refractivity contribution < 1.29 is 4.79 Å². The molecule has 1 aromatic carbocycles. The Bertz CT molecular complexity index is 606. The molecule has 1 unspecified atom stereocenters. The Hall–Kier alpha value is -1.68. The first-order valence-corrected chi connectivity index (χ1v) is 7.79. The standard InChI is InChI=1S/C17H19BrN2O/c1-11(2)13-4-6-14(7-5-13)12(3)20-17(21)15-8-9-16(18)19-10-15/h4-12H,1-3H3,(H,20,21). The summed E-state index contributed by atoms with van der Waals surface area (Å²) in [6, 6.07) is 11.8.